The van der Waals surface area contributed by atoms with Crippen molar-refractivity contribution in [3.05, 3.63) is 35.9 Å². The Bertz CT molecular complexity index is 414. The van der Waals surface area contributed by atoms with Crippen LogP contribution in [0.1, 0.15) is 19.4 Å². The van der Waals surface area contributed by atoms with Gasteiger partial charge in [-0.15, -0.1) is 0 Å². The fourth-order valence-corrected chi connectivity index (χ4v) is 1.26. The Morgan fingerprint density at radius 1 is 1.25 bits per heavy atom. The average Bonchev–Trinajstić information content (AvgIpc) is 2.26. The molecule has 0 radical (unpaired) electrons. The standard InChI is InChI=1S/C11H13N3OS/c1-8(10-6-4-3-5-7-10)13-14-11(16)12-9(2)15/h3-7H,1-2H3,(H2,12,14,15,16)/b13-8+. The largest absolute Gasteiger partial charge is 0.302 e. The minimum Gasteiger partial charge on any atom is -0.302 e. The Balaban J connectivity index is 2.58. The van der Waals surface area contributed by atoms with Gasteiger partial charge in [-0.25, -0.2) is 0 Å². The summed E-state index contributed by atoms with van der Waals surface area (Å²) < 4.78 is 0. The number of hydrogen-bond acceptors (Lipinski definition) is 3. The third kappa shape index (κ3) is 4.18. The summed E-state index contributed by atoms with van der Waals surface area (Å²) in [4.78, 5) is 10.7. The maximum absolute atomic E-state index is 10.7. The van der Waals surface area contributed by atoms with E-state index in [1.54, 1.807) is 0 Å². The van der Waals surface area contributed by atoms with E-state index in [2.05, 4.69) is 15.8 Å². The van der Waals surface area contributed by atoms with Gasteiger partial charge in [-0.1, -0.05) is 30.3 Å². The molecular formula is C11H13N3OS. The predicted octanol–water partition coefficient (Wildman–Crippen LogP) is 1.42. The molecule has 0 saturated carbocycles. The lowest BCUT2D eigenvalue weighted by Crippen LogP contribution is -2.35. The maximum atomic E-state index is 10.7. The molecule has 0 saturated heterocycles. The highest BCUT2D eigenvalue weighted by Crippen LogP contribution is 1.99. The van der Waals surface area contributed by atoms with E-state index in [0.29, 0.717) is 0 Å². The van der Waals surface area contributed by atoms with E-state index < -0.39 is 0 Å². The van der Waals surface area contributed by atoms with E-state index in [0.717, 1.165) is 11.3 Å². The first-order valence-electron chi connectivity index (χ1n) is 4.77. The number of nitrogens with zero attached hydrogens (tertiary/aromatic N) is 1. The third-order valence-electron chi connectivity index (χ3n) is 1.81. The molecule has 84 valence electrons. The zero-order valence-electron chi connectivity index (χ0n) is 9.15. The Kier molecular flexibility index (Phi) is 4.60. The average molecular weight is 235 g/mol. The fraction of sp³-hybridized carbons (Fsp3) is 0.182. The first kappa shape index (κ1) is 12.3. The molecule has 5 heteroatoms. The van der Waals surface area contributed by atoms with Crippen molar-refractivity contribution in [3.8, 4) is 0 Å². The summed E-state index contributed by atoms with van der Waals surface area (Å²) in [5, 5.41) is 6.68. The maximum Gasteiger partial charge on any atom is 0.223 e. The van der Waals surface area contributed by atoms with Crippen LogP contribution in [-0.2, 0) is 4.79 Å². The van der Waals surface area contributed by atoms with E-state index in [-0.39, 0.29) is 11.0 Å². The van der Waals surface area contributed by atoms with Gasteiger partial charge in [0.2, 0.25) is 5.91 Å². The molecule has 16 heavy (non-hydrogen) atoms. The van der Waals surface area contributed by atoms with Crippen LogP contribution in [0.3, 0.4) is 0 Å². The molecular weight excluding hydrogens is 222 g/mol. The normalized spacial score (nSPS) is 10.8. The second-order valence-corrected chi connectivity index (χ2v) is 3.59. The summed E-state index contributed by atoms with van der Waals surface area (Å²) in [6.45, 7) is 3.25. The van der Waals surface area contributed by atoms with E-state index in [4.69, 9.17) is 12.2 Å². The Morgan fingerprint density at radius 2 is 1.88 bits per heavy atom. The molecule has 1 amide bonds. The summed E-state index contributed by atoms with van der Waals surface area (Å²) in [5.41, 5.74) is 4.40. The van der Waals surface area contributed by atoms with Crippen molar-refractivity contribution in [2.45, 2.75) is 13.8 Å². The lowest BCUT2D eigenvalue weighted by atomic mass is 10.1. The monoisotopic (exact) mass is 235 g/mol. The van der Waals surface area contributed by atoms with Gasteiger partial charge in [-0.3, -0.25) is 10.2 Å². The second-order valence-electron chi connectivity index (χ2n) is 3.19. The van der Waals surface area contributed by atoms with Gasteiger partial charge < -0.3 is 5.32 Å². The Morgan fingerprint density at radius 3 is 2.44 bits per heavy atom. The molecule has 0 aliphatic carbocycles. The molecule has 1 aromatic rings. The molecule has 2 N–H and O–H groups in total. The third-order valence-corrected chi connectivity index (χ3v) is 2.00. The van der Waals surface area contributed by atoms with Crippen LogP contribution in [0.25, 0.3) is 0 Å². The Labute approximate surface area is 99.7 Å². The van der Waals surface area contributed by atoms with Crippen molar-refractivity contribution >= 4 is 28.9 Å². The molecule has 0 atom stereocenters. The smallest absolute Gasteiger partial charge is 0.223 e. The lowest BCUT2D eigenvalue weighted by Gasteiger charge is -2.04. The number of thiocarbonyl (C=S) groups is 1. The zero-order chi connectivity index (χ0) is 12.0. The molecule has 0 aliphatic rings. The van der Waals surface area contributed by atoms with Crippen LogP contribution >= 0.6 is 12.2 Å². The van der Waals surface area contributed by atoms with Gasteiger partial charge in [-0.2, -0.15) is 5.10 Å². The highest BCUT2D eigenvalue weighted by molar-refractivity contribution is 7.80. The summed E-state index contributed by atoms with van der Waals surface area (Å²) in [7, 11) is 0. The first-order valence-corrected chi connectivity index (χ1v) is 5.17. The minimum absolute atomic E-state index is 0.197. The van der Waals surface area contributed by atoms with Crippen molar-refractivity contribution in [3.63, 3.8) is 0 Å². The number of carbonyl (C=O) groups excluding carboxylic acids is 1. The molecule has 0 spiro atoms. The van der Waals surface area contributed by atoms with E-state index in [1.807, 2.05) is 37.3 Å². The second kappa shape index (κ2) is 5.97. The molecule has 0 heterocycles. The highest BCUT2D eigenvalue weighted by atomic mass is 32.1. The number of hydrazone groups is 1. The minimum atomic E-state index is -0.218. The molecule has 0 aliphatic heterocycles. The van der Waals surface area contributed by atoms with Crippen molar-refractivity contribution in [2.24, 2.45) is 5.10 Å². The van der Waals surface area contributed by atoms with Gasteiger partial charge in [0.1, 0.15) is 0 Å². The van der Waals surface area contributed by atoms with Crippen LogP contribution < -0.4 is 10.7 Å². The number of carbonyl (C=O) groups is 1. The van der Waals surface area contributed by atoms with Crippen molar-refractivity contribution in [1.29, 1.82) is 0 Å². The van der Waals surface area contributed by atoms with E-state index in [9.17, 15) is 4.79 Å². The van der Waals surface area contributed by atoms with E-state index in [1.165, 1.54) is 6.92 Å². The van der Waals surface area contributed by atoms with Crippen molar-refractivity contribution in [1.82, 2.24) is 10.7 Å². The van der Waals surface area contributed by atoms with Crippen LogP contribution in [0.2, 0.25) is 0 Å². The summed E-state index contributed by atoms with van der Waals surface area (Å²) >= 11 is 4.85. The van der Waals surface area contributed by atoms with Gasteiger partial charge >= 0.3 is 0 Å². The Hall–Kier alpha value is -1.75. The first-order chi connectivity index (χ1) is 7.59. The van der Waals surface area contributed by atoms with Crippen molar-refractivity contribution in [2.75, 3.05) is 0 Å². The summed E-state index contributed by atoms with van der Waals surface area (Å²) in [6, 6.07) is 9.69. The predicted molar refractivity (Wildman–Crippen MR) is 68.2 cm³/mol. The van der Waals surface area contributed by atoms with Gasteiger partial charge in [0.25, 0.3) is 0 Å². The van der Waals surface area contributed by atoms with Crippen LogP contribution in [0.5, 0.6) is 0 Å². The topological polar surface area (TPSA) is 53.5 Å². The number of nitrogens with one attached hydrogen (secondary N) is 2. The van der Waals surface area contributed by atoms with Gasteiger partial charge in [0, 0.05) is 6.92 Å². The summed E-state index contributed by atoms with van der Waals surface area (Å²) in [5.74, 6) is -0.218. The molecule has 0 unspecified atom stereocenters. The van der Waals surface area contributed by atoms with Gasteiger partial charge in [0.15, 0.2) is 5.11 Å². The summed E-state index contributed by atoms with van der Waals surface area (Å²) in [6.07, 6.45) is 0. The van der Waals surface area contributed by atoms with Crippen LogP contribution in [0.4, 0.5) is 0 Å². The van der Waals surface area contributed by atoms with Crippen LogP contribution in [0.15, 0.2) is 35.4 Å². The number of amides is 1. The molecule has 1 rings (SSSR count). The van der Waals surface area contributed by atoms with Crippen LogP contribution in [0, 0.1) is 0 Å². The number of rotatable bonds is 2. The molecule has 1 aromatic carbocycles. The molecule has 4 nitrogen and oxygen atoms in total. The molecule has 0 fully saturated rings. The number of benzene rings is 1. The van der Waals surface area contributed by atoms with Gasteiger partial charge in [0.05, 0.1) is 5.71 Å². The number of hydrogen-bond donors (Lipinski definition) is 2. The highest BCUT2D eigenvalue weighted by Gasteiger charge is 1.98. The van der Waals surface area contributed by atoms with Crippen molar-refractivity contribution < 1.29 is 4.79 Å². The zero-order valence-corrected chi connectivity index (χ0v) is 9.97. The van der Waals surface area contributed by atoms with E-state index >= 15 is 0 Å². The lowest BCUT2D eigenvalue weighted by molar-refractivity contribution is -0.117. The fourth-order valence-electron chi connectivity index (χ4n) is 1.07. The molecule has 0 aromatic heterocycles. The van der Waals surface area contributed by atoms with Gasteiger partial charge in [-0.05, 0) is 24.7 Å². The van der Waals surface area contributed by atoms with Crippen LogP contribution in [-0.4, -0.2) is 16.7 Å². The quantitative estimate of drug-likeness (QED) is 0.463. The SMILES string of the molecule is CC(=O)NC(=S)N/N=C(\C)c1ccccc1. The molecule has 0 bridgehead atoms.